The number of carbonyl (C=O) groups is 2. The highest BCUT2D eigenvalue weighted by atomic mass is 35.5. The van der Waals surface area contributed by atoms with Crippen molar-refractivity contribution in [2.24, 2.45) is 5.73 Å². The Hall–Kier alpha value is -3.09. The lowest BCUT2D eigenvalue weighted by Gasteiger charge is -2.14. The number of halogens is 3. The molecule has 5 nitrogen and oxygen atoms in total. The molecule has 0 bridgehead atoms. The maximum Gasteiger partial charge on any atom is 0.259 e. The molecule has 29 heavy (non-hydrogen) atoms. The van der Waals surface area contributed by atoms with Gasteiger partial charge in [0, 0.05) is 17.3 Å². The molecule has 3 rings (SSSR count). The molecule has 8 heteroatoms. The maximum atomic E-state index is 13.4. The van der Waals surface area contributed by atoms with Crippen LogP contribution in [-0.4, -0.2) is 11.8 Å². The SMILES string of the molecule is Cc1cc(F)ccc1Oc1cc(Cl)c(Cl)cc1C(=O)Nc1cccc(C(N)=O)c1. The van der Waals surface area contributed by atoms with Crippen LogP contribution in [0, 0.1) is 12.7 Å². The maximum absolute atomic E-state index is 13.4. The second kappa shape index (κ2) is 8.51. The average molecular weight is 433 g/mol. The zero-order chi connectivity index (χ0) is 21.1. The zero-order valence-corrected chi connectivity index (χ0v) is 16.6. The largest absolute Gasteiger partial charge is 0.456 e. The van der Waals surface area contributed by atoms with Gasteiger partial charge in [0.2, 0.25) is 5.91 Å². The van der Waals surface area contributed by atoms with Crippen LogP contribution in [0.3, 0.4) is 0 Å². The molecule has 0 fully saturated rings. The molecule has 0 aliphatic rings. The van der Waals surface area contributed by atoms with Crippen molar-refractivity contribution in [3.63, 3.8) is 0 Å². The van der Waals surface area contributed by atoms with Crippen molar-refractivity contribution in [2.75, 3.05) is 5.32 Å². The number of rotatable bonds is 5. The van der Waals surface area contributed by atoms with E-state index in [4.69, 9.17) is 33.7 Å². The molecule has 3 aromatic rings. The van der Waals surface area contributed by atoms with E-state index in [2.05, 4.69) is 5.32 Å². The van der Waals surface area contributed by atoms with Gasteiger partial charge in [-0.15, -0.1) is 0 Å². The summed E-state index contributed by atoms with van der Waals surface area (Å²) in [4.78, 5) is 24.2. The highest BCUT2D eigenvalue weighted by Gasteiger charge is 2.18. The number of carbonyl (C=O) groups excluding carboxylic acids is 2. The molecule has 148 valence electrons. The predicted octanol–water partition coefficient (Wildman–Crippen LogP) is 5.58. The fourth-order valence-electron chi connectivity index (χ4n) is 2.58. The normalized spacial score (nSPS) is 10.5. The average Bonchev–Trinajstić information content (AvgIpc) is 2.66. The summed E-state index contributed by atoms with van der Waals surface area (Å²) in [6.45, 7) is 1.67. The number of anilines is 1. The minimum atomic E-state index is -0.619. The van der Waals surface area contributed by atoms with E-state index >= 15 is 0 Å². The molecule has 3 N–H and O–H groups in total. The molecule has 0 aromatic heterocycles. The Morgan fingerprint density at radius 3 is 2.41 bits per heavy atom. The molecule has 0 spiro atoms. The van der Waals surface area contributed by atoms with Crippen LogP contribution in [0.25, 0.3) is 0 Å². The Morgan fingerprint density at radius 1 is 1.00 bits per heavy atom. The van der Waals surface area contributed by atoms with Crippen LogP contribution in [0.2, 0.25) is 10.0 Å². The summed E-state index contributed by atoms with van der Waals surface area (Å²) in [7, 11) is 0. The van der Waals surface area contributed by atoms with E-state index in [-0.39, 0.29) is 26.9 Å². The quantitative estimate of drug-likeness (QED) is 0.551. The monoisotopic (exact) mass is 432 g/mol. The Labute approximate surface area is 176 Å². The molecule has 3 aromatic carbocycles. The fraction of sp³-hybridized carbons (Fsp3) is 0.0476. The van der Waals surface area contributed by atoms with Crippen molar-refractivity contribution in [2.45, 2.75) is 6.92 Å². The number of nitrogens with two attached hydrogens (primary N) is 1. The van der Waals surface area contributed by atoms with Gasteiger partial charge in [0.05, 0.1) is 15.6 Å². The van der Waals surface area contributed by atoms with E-state index < -0.39 is 17.6 Å². The molecule has 0 saturated heterocycles. The fourth-order valence-corrected chi connectivity index (χ4v) is 2.90. The number of hydrogen-bond donors (Lipinski definition) is 2. The minimum absolute atomic E-state index is 0.104. The number of primary amides is 1. The summed E-state index contributed by atoms with van der Waals surface area (Å²) in [5, 5.41) is 3.01. The lowest BCUT2D eigenvalue weighted by atomic mass is 10.1. The van der Waals surface area contributed by atoms with Crippen molar-refractivity contribution in [1.29, 1.82) is 0 Å². The Morgan fingerprint density at radius 2 is 1.72 bits per heavy atom. The lowest BCUT2D eigenvalue weighted by molar-refractivity contribution is 0.0995. The standard InChI is InChI=1S/C21H15Cl2FN2O3/c1-11-7-13(24)5-6-18(11)29-19-10-17(23)16(22)9-15(19)21(28)26-14-4-2-3-12(8-14)20(25)27/h2-10H,1H3,(H2,25,27)(H,26,28). The van der Waals surface area contributed by atoms with E-state index in [1.807, 2.05) is 0 Å². The summed E-state index contributed by atoms with van der Waals surface area (Å²) < 4.78 is 19.2. The van der Waals surface area contributed by atoms with E-state index in [0.29, 0.717) is 17.0 Å². The first-order valence-electron chi connectivity index (χ1n) is 8.39. The first kappa shape index (κ1) is 20.6. The van der Waals surface area contributed by atoms with Crippen LogP contribution in [0.5, 0.6) is 11.5 Å². The molecule has 0 atom stereocenters. The number of nitrogens with one attached hydrogen (secondary N) is 1. The second-order valence-electron chi connectivity index (χ2n) is 6.17. The first-order chi connectivity index (χ1) is 13.7. The number of amides is 2. The van der Waals surface area contributed by atoms with Crippen LogP contribution in [0.4, 0.5) is 10.1 Å². The topological polar surface area (TPSA) is 81.4 Å². The molecule has 2 amide bonds. The number of aryl methyl sites for hydroxylation is 1. The zero-order valence-electron chi connectivity index (χ0n) is 15.1. The third kappa shape index (κ3) is 4.85. The van der Waals surface area contributed by atoms with Crippen molar-refractivity contribution >= 4 is 40.7 Å². The van der Waals surface area contributed by atoms with Crippen molar-refractivity contribution in [3.05, 3.63) is 87.2 Å². The van der Waals surface area contributed by atoms with Gasteiger partial charge >= 0.3 is 0 Å². The number of benzene rings is 3. The molecular weight excluding hydrogens is 418 g/mol. The molecule has 0 heterocycles. The Balaban J connectivity index is 1.95. The third-order valence-corrected chi connectivity index (χ3v) is 4.75. The molecule has 0 unspecified atom stereocenters. The Kier molecular flexibility index (Phi) is 6.06. The van der Waals surface area contributed by atoms with E-state index in [0.717, 1.165) is 0 Å². The number of ether oxygens (including phenoxy) is 1. The van der Waals surface area contributed by atoms with E-state index in [1.54, 1.807) is 19.1 Å². The van der Waals surface area contributed by atoms with Crippen LogP contribution in [0.1, 0.15) is 26.3 Å². The van der Waals surface area contributed by atoms with Crippen LogP contribution < -0.4 is 15.8 Å². The van der Waals surface area contributed by atoms with Gasteiger partial charge in [-0.2, -0.15) is 0 Å². The highest BCUT2D eigenvalue weighted by molar-refractivity contribution is 6.42. The van der Waals surface area contributed by atoms with Gasteiger partial charge < -0.3 is 15.8 Å². The third-order valence-electron chi connectivity index (χ3n) is 4.03. The van der Waals surface area contributed by atoms with Gasteiger partial charge in [-0.05, 0) is 55.0 Å². The predicted molar refractivity (Wildman–Crippen MR) is 111 cm³/mol. The minimum Gasteiger partial charge on any atom is -0.456 e. The van der Waals surface area contributed by atoms with Crippen LogP contribution in [0.15, 0.2) is 54.6 Å². The first-order valence-corrected chi connectivity index (χ1v) is 9.14. The molecule has 0 radical (unpaired) electrons. The van der Waals surface area contributed by atoms with Gasteiger partial charge in [0.1, 0.15) is 17.3 Å². The van der Waals surface area contributed by atoms with E-state index in [9.17, 15) is 14.0 Å². The van der Waals surface area contributed by atoms with Gasteiger partial charge in [-0.3, -0.25) is 9.59 Å². The van der Waals surface area contributed by atoms with Gasteiger partial charge in [0.15, 0.2) is 0 Å². The molecule has 0 aliphatic carbocycles. The highest BCUT2D eigenvalue weighted by Crippen LogP contribution is 2.35. The van der Waals surface area contributed by atoms with E-state index in [1.165, 1.54) is 42.5 Å². The summed E-state index contributed by atoms with van der Waals surface area (Å²) in [5.41, 5.74) is 6.52. The van der Waals surface area contributed by atoms with Gasteiger partial charge in [-0.25, -0.2) is 4.39 Å². The molecular formula is C21H15Cl2FN2O3. The van der Waals surface area contributed by atoms with Crippen LogP contribution in [-0.2, 0) is 0 Å². The molecule has 0 saturated carbocycles. The van der Waals surface area contributed by atoms with Gasteiger partial charge in [-0.1, -0.05) is 29.3 Å². The van der Waals surface area contributed by atoms with Crippen molar-refractivity contribution in [3.8, 4) is 11.5 Å². The number of hydrogen-bond acceptors (Lipinski definition) is 3. The summed E-state index contributed by atoms with van der Waals surface area (Å²) in [6, 6.07) is 12.9. The van der Waals surface area contributed by atoms with Gasteiger partial charge in [0.25, 0.3) is 5.91 Å². The Bertz CT molecular complexity index is 1120. The van der Waals surface area contributed by atoms with Crippen molar-refractivity contribution in [1.82, 2.24) is 0 Å². The van der Waals surface area contributed by atoms with Crippen LogP contribution >= 0.6 is 23.2 Å². The summed E-state index contributed by atoms with van der Waals surface area (Å²) in [5.74, 6) is -1.07. The van der Waals surface area contributed by atoms with Crippen molar-refractivity contribution < 1.29 is 18.7 Å². The summed E-state index contributed by atoms with van der Waals surface area (Å²) >= 11 is 12.2. The smallest absolute Gasteiger partial charge is 0.259 e. The lowest BCUT2D eigenvalue weighted by Crippen LogP contribution is -2.15. The molecule has 0 aliphatic heterocycles. The summed E-state index contributed by atoms with van der Waals surface area (Å²) in [6.07, 6.45) is 0. The second-order valence-corrected chi connectivity index (χ2v) is 6.99.